The fourth-order valence-electron chi connectivity index (χ4n) is 1.96. The third-order valence-corrected chi connectivity index (χ3v) is 3.34. The van der Waals surface area contributed by atoms with E-state index in [0.717, 1.165) is 17.7 Å². The summed E-state index contributed by atoms with van der Waals surface area (Å²) in [7, 11) is 0. The Morgan fingerprint density at radius 2 is 2.15 bits per heavy atom. The van der Waals surface area contributed by atoms with Gasteiger partial charge in [0.15, 0.2) is 0 Å². The Morgan fingerprint density at radius 1 is 1.30 bits per heavy atom. The zero-order valence-electron chi connectivity index (χ0n) is 11.4. The van der Waals surface area contributed by atoms with Crippen LogP contribution in [0.4, 0.5) is 4.39 Å². The number of halogens is 1. The van der Waals surface area contributed by atoms with Crippen molar-refractivity contribution >= 4 is 0 Å². The Labute approximate surface area is 117 Å². The van der Waals surface area contributed by atoms with Crippen molar-refractivity contribution in [1.29, 1.82) is 0 Å². The highest BCUT2D eigenvalue weighted by Gasteiger charge is 2.19. The van der Waals surface area contributed by atoms with Crippen LogP contribution in [0.3, 0.4) is 0 Å². The van der Waals surface area contributed by atoms with Crippen LogP contribution in [-0.4, -0.2) is 11.0 Å². The monoisotopic (exact) mass is 272 g/mol. The zero-order valence-corrected chi connectivity index (χ0v) is 11.4. The fraction of sp³-hybridized carbons (Fsp3) is 0.312. The number of rotatable bonds is 5. The van der Waals surface area contributed by atoms with Crippen molar-refractivity contribution in [2.24, 2.45) is 0 Å². The van der Waals surface area contributed by atoms with Gasteiger partial charge in [0.05, 0.1) is 0 Å². The van der Waals surface area contributed by atoms with Crippen LogP contribution in [0.25, 0.3) is 0 Å². The molecule has 0 bridgehead atoms. The second kappa shape index (κ2) is 5.59. The topological polar surface area (TPSA) is 34.1 Å². The smallest absolute Gasteiger partial charge is 0.219 e. The Morgan fingerprint density at radius 3 is 2.95 bits per heavy atom. The van der Waals surface area contributed by atoms with Crippen molar-refractivity contribution in [2.45, 2.75) is 32.4 Å². The second-order valence-corrected chi connectivity index (χ2v) is 5.17. The SMILES string of the molecule is Cc1ccc(F)cc1Oc1cc(CNC2CC2)ccn1. The van der Waals surface area contributed by atoms with Crippen molar-refractivity contribution in [3.63, 3.8) is 0 Å². The van der Waals surface area contributed by atoms with Gasteiger partial charge < -0.3 is 10.1 Å². The van der Waals surface area contributed by atoms with E-state index in [1.165, 1.54) is 25.0 Å². The van der Waals surface area contributed by atoms with Crippen molar-refractivity contribution in [2.75, 3.05) is 0 Å². The molecular formula is C16H17FN2O. The molecule has 1 heterocycles. The first kappa shape index (κ1) is 13.1. The molecule has 1 aliphatic rings. The van der Waals surface area contributed by atoms with Crippen LogP contribution in [0.2, 0.25) is 0 Å². The van der Waals surface area contributed by atoms with E-state index in [9.17, 15) is 4.39 Å². The van der Waals surface area contributed by atoms with Crippen LogP contribution in [0, 0.1) is 12.7 Å². The maximum Gasteiger partial charge on any atom is 0.219 e. The minimum absolute atomic E-state index is 0.308. The Hall–Kier alpha value is -1.94. The summed E-state index contributed by atoms with van der Waals surface area (Å²) in [6.45, 7) is 2.69. The highest BCUT2D eigenvalue weighted by atomic mass is 19.1. The van der Waals surface area contributed by atoms with E-state index in [-0.39, 0.29) is 5.82 Å². The number of nitrogens with one attached hydrogen (secondary N) is 1. The summed E-state index contributed by atoms with van der Waals surface area (Å²) in [6.07, 6.45) is 4.24. The number of nitrogens with zero attached hydrogens (tertiary/aromatic N) is 1. The van der Waals surface area contributed by atoms with Crippen LogP contribution < -0.4 is 10.1 Å². The van der Waals surface area contributed by atoms with Crippen LogP contribution in [0.15, 0.2) is 36.5 Å². The number of hydrogen-bond acceptors (Lipinski definition) is 3. The first-order valence-electron chi connectivity index (χ1n) is 6.83. The van der Waals surface area contributed by atoms with Gasteiger partial charge in [-0.3, -0.25) is 0 Å². The fourth-order valence-corrected chi connectivity index (χ4v) is 1.96. The standard InChI is InChI=1S/C16H17FN2O/c1-11-2-3-13(17)9-15(11)20-16-8-12(6-7-18-16)10-19-14-4-5-14/h2-3,6-9,14,19H,4-5,10H2,1H3. The van der Waals surface area contributed by atoms with Crippen LogP contribution in [-0.2, 0) is 6.54 Å². The summed E-state index contributed by atoms with van der Waals surface area (Å²) in [5, 5.41) is 3.44. The molecule has 20 heavy (non-hydrogen) atoms. The van der Waals surface area contributed by atoms with Crippen LogP contribution >= 0.6 is 0 Å². The summed E-state index contributed by atoms with van der Waals surface area (Å²) < 4.78 is 18.9. The summed E-state index contributed by atoms with van der Waals surface area (Å²) in [5.41, 5.74) is 2.01. The molecule has 1 N–H and O–H groups in total. The van der Waals surface area contributed by atoms with Gasteiger partial charge in [0.1, 0.15) is 11.6 Å². The van der Waals surface area contributed by atoms with Crippen molar-refractivity contribution < 1.29 is 9.13 Å². The van der Waals surface area contributed by atoms with Gasteiger partial charge in [-0.2, -0.15) is 0 Å². The lowest BCUT2D eigenvalue weighted by Crippen LogP contribution is -2.15. The lowest BCUT2D eigenvalue weighted by atomic mass is 10.2. The van der Waals surface area contributed by atoms with E-state index in [1.807, 2.05) is 19.1 Å². The molecule has 0 spiro atoms. The largest absolute Gasteiger partial charge is 0.439 e. The van der Waals surface area contributed by atoms with Crippen molar-refractivity contribution in [3.05, 3.63) is 53.5 Å². The van der Waals surface area contributed by atoms with Crippen LogP contribution in [0.5, 0.6) is 11.6 Å². The molecule has 0 unspecified atom stereocenters. The quantitative estimate of drug-likeness (QED) is 0.903. The van der Waals surface area contributed by atoms with E-state index in [0.29, 0.717) is 17.7 Å². The molecule has 3 rings (SSSR count). The summed E-state index contributed by atoms with van der Waals surface area (Å²) in [5.74, 6) is 0.691. The Bertz CT molecular complexity index is 611. The minimum Gasteiger partial charge on any atom is -0.439 e. The highest BCUT2D eigenvalue weighted by Crippen LogP contribution is 2.25. The third-order valence-electron chi connectivity index (χ3n) is 3.34. The molecule has 2 aromatic rings. The average Bonchev–Trinajstić information content (AvgIpc) is 3.25. The van der Waals surface area contributed by atoms with Crippen molar-refractivity contribution in [1.82, 2.24) is 10.3 Å². The molecule has 3 nitrogen and oxygen atoms in total. The predicted octanol–water partition coefficient (Wildman–Crippen LogP) is 3.57. The molecule has 1 fully saturated rings. The molecule has 1 aromatic heterocycles. The van der Waals surface area contributed by atoms with E-state index < -0.39 is 0 Å². The molecule has 0 atom stereocenters. The molecule has 0 saturated heterocycles. The van der Waals surface area contributed by atoms with E-state index in [2.05, 4.69) is 10.3 Å². The first-order chi connectivity index (χ1) is 9.70. The maximum atomic E-state index is 13.2. The predicted molar refractivity (Wildman–Crippen MR) is 75.3 cm³/mol. The first-order valence-corrected chi connectivity index (χ1v) is 6.83. The van der Waals surface area contributed by atoms with Crippen LogP contribution in [0.1, 0.15) is 24.0 Å². The van der Waals surface area contributed by atoms with Gasteiger partial charge in [0.25, 0.3) is 0 Å². The Kier molecular flexibility index (Phi) is 3.65. The van der Waals surface area contributed by atoms with E-state index in [4.69, 9.17) is 4.74 Å². The summed E-state index contributed by atoms with van der Waals surface area (Å²) in [6, 6.07) is 9.01. The molecule has 1 aliphatic carbocycles. The van der Waals surface area contributed by atoms with Gasteiger partial charge in [-0.1, -0.05) is 6.07 Å². The van der Waals surface area contributed by atoms with Gasteiger partial charge in [0.2, 0.25) is 5.88 Å². The van der Waals surface area contributed by atoms with Gasteiger partial charge in [-0.05, 0) is 43.0 Å². The zero-order chi connectivity index (χ0) is 13.9. The average molecular weight is 272 g/mol. The lowest BCUT2D eigenvalue weighted by Gasteiger charge is -2.09. The minimum atomic E-state index is -0.308. The number of benzene rings is 1. The van der Waals surface area contributed by atoms with E-state index in [1.54, 1.807) is 12.3 Å². The molecule has 4 heteroatoms. The maximum absolute atomic E-state index is 13.2. The van der Waals surface area contributed by atoms with Gasteiger partial charge in [-0.15, -0.1) is 0 Å². The van der Waals surface area contributed by atoms with Gasteiger partial charge >= 0.3 is 0 Å². The summed E-state index contributed by atoms with van der Waals surface area (Å²) in [4.78, 5) is 4.18. The van der Waals surface area contributed by atoms with Crippen molar-refractivity contribution in [3.8, 4) is 11.6 Å². The van der Waals surface area contributed by atoms with Gasteiger partial charge in [0, 0.05) is 30.9 Å². The molecule has 0 aliphatic heterocycles. The second-order valence-electron chi connectivity index (χ2n) is 5.17. The molecule has 0 amide bonds. The molecule has 1 saturated carbocycles. The molecule has 0 radical (unpaired) electrons. The molecule has 104 valence electrons. The van der Waals surface area contributed by atoms with E-state index >= 15 is 0 Å². The number of pyridine rings is 1. The number of aromatic nitrogens is 1. The Balaban J connectivity index is 1.72. The summed E-state index contributed by atoms with van der Waals surface area (Å²) >= 11 is 0. The molecule has 1 aromatic carbocycles. The molecular weight excluding hydrogens is 255 g/mol. The number of ether oxygens (including phenoxy) is 1. The number of aryl methyl sites for hydroxylation is 1. The van der Waals surface area contributed by atoms with Gasteiger partial charge in [-0.25, -0.2) is 9.37 Å². The lowest BCUT2D eigenvalue weighted by molar-refractivity contribution is 0.453. The normalized spacial score (nSPS) is 14.3. The number of hydrogen-bond donors (Lipinski definition) is 1. The highest BCUT2D eigenvalue weighted by molar-refractivity contribution is 5.36. The third kappa shape index (κ3) is 3.33.